The first-order chi connectivity index (χ1) is 14.6. The molecule has 3 saturated carbocycles. The van der Waals surface area contributed by atoms with Gasteiger partial charge in [-0.15, -0.1) is 0 Å². The van der Waals surface area contributed by atoms with Gasteiger partial charge >= 0.3 is 12.1 Å². The van der Waals surface area contributed by atoms with Gasteiger partial charge in [-0.25, -0.2) is 9.59 Å². The van der Waals surface area contributed by atoms with Crippen LogP contribution in [0.3, 0.4) is 0 Å². The van der Waals surface area contributed by atoms with Gasteiger partial charge in [0.2, 0.25) is 5.60 Å². The Balaban J connectivity index is 1.73. The van der Waals surface area contributed by atoms with E-state index in [9.17, 15) is 19.5 Å². The van der Waals surface area contributed by atoms with Crippen molar-refractivity contribution in [2.24, 2.45) is 28.6 Å². The summed E-state index contributed by atoms with van der Waals surface area (Å²) < 4.78 is 15.8. The number of hydrogen-bond acceptors (Lipinski definition) is 7. The van der Waals surface area contributed by atoms with Crippen molar-refractivity contribution in [3.8, 4) is 0 Å². The molecule has 170 valence electrons. The van der Waals surface area contributed by atoms with Crippen LogP contribution in [-0.2, 0) is 23.8 Å². The third-order valence-corrected chi connectivity index (χ3v) is 8.65. The highest BCUT2D eigenvalue weighted by molar-refractivity contribution is 6.01. The Labute approximate surface area is 182 Å². The first kappa shape index (κ1) is 22.1. The van der Waals surface area contributed by atoms with Crippen molar-refractivity contribution in [1.82, 2.24) is 0 Å². The molecule has 4 aliphatic carbocycles. The SMILES string of the molecule is CCOC(=O)OC1(C(=O)OC)CCC2C3CCC4=CC(=O)C=CC4(C)C3C(O)CC21C. The normalized spacial score (nSPS) is 43.3. The molecule has 7 heteroatoms. The number of ether oxygens (including phenoxy) is 3. The fourth-order valence-corrected chi connectivity index (χ4v) is 7.31. The summed E-state index contributed by atoms with van der Waals surface area (Å²) in [5.41, 5.74) is -1.58. The second-order valence-corrected chi connectivity index (χ2v) is 9.85. The Bertz CT molecular complexity index is 860. The van der Waals surface area contributed by atoms with Gasteiger partial charge in [0.1, 0.15) is 0 Å². The second kappa shape index (κ2) is 7.47. The van der Waals surface area contributed by atoms with Crippen LogP contribution < -0.4 is 0 Å². The zero-order chi connectivity index (χ0) is 22.6. The van der Waals surface area contributed by atoms with Gasteiger partial charge in [0.15, 0.2) is 5.78 Å². The summed E-state index contributed by atoms with van der Waals surface area (Å²) in [7, 11) is 1.29. The van der Waals surface area contributed by atoms with Gasteiger partial charge in [-0.1, -0.05) is 25.5 Å². The maximum atomic E-state index is 13.0. The summed E-state index contributed by atoms with van der Waals surface area (Å²) >= 11 is 0. The van der Waals surface area contributed by atoms with E-state index in [1.54, 1.807) is 19.1 Å². The Kier molecular flexibility index (Phi) is 5.31. The second-order valence-electron chi connectivity index (χ2n) is 9.85. The summed E-state index contributed by atoms with van der Waals surface area (Å²) in [5, 5.41) is 11.4. The van der Waals surface area contributed by atoms with Crippen LogP contribution in [0.15, 0.2) is 23.8 Å². The Morgan fingerprint density at radius 1 is 1.26 bits per heavy atom. The molecule has 31 heavy (non-hydrogen) atoms. The first-order valence-electron chi connectivity index (χ1n) is 11.2. The summed E-state index contributed by atoms with van der Waals surface area (Å²) in [6.45, 7) is 5.86. The number of esters is 1. The van der Waals surface area contributed by atoms with Crippen LogP contribution in [0.5, 0.6) is 0 Å². The first-order valence-corrected chi connectivity index (χ1v) is 11.2. The minimum absolute atomic E-state index is 0.00512. The molecular weight excluding hydrogens is 400 g/mol. The van der Waals surface area contributed by atoms with Crippen molar-refractivity contribution in [2.75, 3.05) is 13.7 Å². The number of ketones is 1. The number of fused-ring (bicyclic) bond motifs is 5. The van der Waals surface area contributed by atoms with Crippen LogP contribution >= 0.6 is 0 Å². The van der Waals surface area contributed by atoms with E-state index in [2.05, 4.69) is 6.92 Å². The molecule has 4 rings (SSSR count). The number of aliphatic hydroxyl groups is 1. The predicted molar refractivity (Wildman–Crippen MR) is 111 cm³/mol. The smallest absolute Gasteiger partial charge is 0.466 e. The molecule has 0 spiro atoms. The molecule has 0 bridgehead atoms. The lowest BCUT2D eigenvalue weighted by molar-refractivity contribution is -0.199. The molecule has 0 radical (unpaired) electrons. The third kappa shape index (κ3) is 2.99. The average molecular weight is 433 g/mol. The molecule has 0 heterocycles. The number of allylic oxidation sites excluding steroid dienone is 4. The molecule has 7 atom stereocenters. The minimum Gasteiger partial charge on any atom is -0.466 e. The van der Waals surface area contributed by atoms with Crippen molar-refractivity contribution in [3.05, 3.63) is 23.8 Å². The number of aliphatic hydroxyl groups excluding tert-OH is 1. The Hall–Kier alpha value is -2.15. The maximum Gasteiger partial charge on any atom is 0.509 e. The van der Waals surface area contributed by atoms with Gasteiger partial charge in [0.25, 0.3) is 0 Å². The van der Waals surface area contributed by atoms with Crippen molar-refractivity contribution in [3.63, 3.8) is 0 Å². The predicted octanol–water partition coefficient (Wildman–Crippen LogP) is 3.35. The molecule has 0 saturated heterocycles. The van der Waals surface area contributed by atoms with E-state index in [0.29, 0.717) is 19.3 Å². The molecule has 0 aromatic heterocycles. The van der Waals surface area contributed by atoms with Crippen molar-refractivity contribution in [2.45, 2.75) is 64.6 Å². The molecule has 4 aliphatic rings. The fourth-order valence-electron chi connectivity index (χ4n) is 7.31. The van der Waals surface area contributed by atoms with Gasteiger partial charge in [-0.05, 0) is 63.0 Å². The van der Waals surface area contributed by atoms with Crippen LogP contribution in [0.25, 0.3) is 0 Å². The van der Waals surface area contributed by atoms with Crippen molar-refractivity contribution < 1.29 is 33.7 Å². The van der Waals surface area contributed by atoms with Gasteiger partial charge in [-0.3, -0.25) is 4.79 Å². The number of rotatable bonds is 3. The lowest BCUT2D eigenvalue weighted by Crippen LogP contribution is -2.62. The van der Waals surface area contributed by atoms with Crippen LogP contribution in [-0.4, -0.2) is 48.4 Å². The third-order valence-electron chi connectivity index (χ3n) is 8.65. The van der Waals surface area contributed by atoms with Crippen LogP contribution in [0.1, 0.15) is 52.9 Å². The minimum atomic E-state index is -1.49. The van der Waals surface area contributed by atoms with E-state index in [0.717, 1.165) is 18.4 Å². The van der Waals surface area contributed by atoms with Crippen LogP contribution in [0.4, 0.5) is 4.79 Å². The quantitative estimate of drug-likeness (QED) is 0.683. The fraction of sp³-hybridized carbons (Fsp3) is 0.708. The molecule has 0 amide bonds. The van der Waals surface area contributed by atoms with Gasteiger partial charge < -0.3 is 19.3 Å². The molecular formula is C24H32O7. The van der Waals surface area contributed by atoms with E-state index in [-0.39, 0.29) is 30.1 Å². The lowest BCUT2D eigenvalue weighted by Gasteiger charge is -2.59. The zero-order valence-electron chi connectivity index (χ0n) is 18.7. The average Bonchev–Trinajstić information content (AvgIpc) is 3.00. The topological polar surface area (TPSA) is 99.1 Å². The lowest BCUT2D eigenvalue weighted by atomic mass is 9.46. The molecule has 1 N–H and O–H groups in total. The summed E-state index contributed by atoms with van der Waals surface area (Å²) in [6, 6.07) is 0. The molecule has 0 aromatic rings. The highest BCUT2D eigenvalue weighted by Gasteiger charge is 2.71. The van der Waals surface area contributed by atoms with Crippen molar-refractivity contribution >= 4 is 17.9 Å². The summed E-state index contributed by atoms with van der Waals surface area (Å²) in [4.78, 5) is 37.3. The molecule has 0 aromatic carbocycles. The molecule has 7 unspecified atom stereocenters. The molecule has 7 nitrogen and oxygen atoms in total. The van der Waals surface area contributed by atoms with Gasteiger partial charge in [0, 0.05) is 16.7 Å². The number of carbonyl (C=O) groups excluding carboxylic acids is 3. The van der Waals surface area contributed by atoms with Gasteiger partial charge in [-0.2, -0.15) is 0 Å². The summed E-state index contributed by atoms with van der Waals surface area (Å²) in [5.74, 6) is -0.465. The van der Waals surface area contributed by atoms with E-state index < -0.39 is 34.7 Å². The molecule has 3 fully saturated rings. The number of hydrogen-bond donors (Lipinski definition) is 1. The zero-order valence-corrected chi connectivity index (χ0v) is 18.7. The largest absolute Gasteiger partial charge is 0.509 e. The highest BCUT2D eigenvalue weighted by Crippen LogP contribution is 2.67. The van der Waals surface area contributed by atoms with E-state index in [1.165, 1.54) is 7.11 Å². The van der Waals surface area contributed by atoms with E-state index in [1.807, 2.05) is 13.0 Å². The van der Waals surface area contributed by atoms with Crippen LogP contribution in [0, 0.1) is 28.6 Å². The standard InChI is InChI=1S/C24H32O7/c1-5-30-21(28)31-24(20(27)29-4)11-9-17-16-7-6-14-12-15(25)8-10-22(14,2)19(16)18(26)13-23(17,24)3/h8,10,12,16-19,26H,5-7,9,11,13H2,1-4H3. The monoisotopic (exact) mass is 432 g/mol. The van der Waals surface area contributed by atoms with E-state index in [4.69, 9.17) is 14.2 Å². The number of methoxy groups -OCH3 is 1. The Morgan fingerprint density at radius 3 is 2.68 bits per heavy atom. The summed E-state index contributed by atoms with van der Waals surface area (Å²) in [6.07, 6.45) is 6.59. The highest BCUT2D eigenvalue weighted by atomic mass is 16.7. The Morgan fingerprint density at radius 2 is 2.00 bits per heavy atom. The van der Waals surface area contributed by atoms with Gasteiger partial charge in [0.05, 0.1) is 19.8 Å². The van der Waals surface area contributed by atoms with Crippen molar-refractivity contribution in [1.29, 1.82) is 0 Å². The van der Waals surface area contributed by atoms with Crippen LogP contribution in [0.2, 0.25) is 0 Å². The van der Waals surface area contributed by atoms with E-state index >= 15 is 0 Å². The maximum absolute atomic E-state index is 13.0. The molecule has 0 aliphatic heterocycles. The number of carbonyl (C=O) groups is 3.